The molecule has 0 radical (unpaired) electrons. The first-order valence-corrected chi connectivity index (χ1v) is 8.17. The molecule has 116 valence electrons. The van der Waals surface area contributed by atoms with E-state index in [4.69, 9.17) is 27.9 Å². The number of ether oxygens (including phenoxy) is 1. The van der Waals surface area contributed by atoms with E-state index >= 15 is 0 Å². The molecule has 1 aliphatic carbocycles. The molecule has 2 unspecified atom stereocenters. The molecule has 22 heavy (non-hydrogen) atoms. The molecule has 0 bridgehead atoms. The molecule has 1 N–H and O–H groups in total. The second kappa shape index (κ2) is 6.49. The molecule has 0 spiro atoms. The molecule has 0 saturated heterocycles. The molecular weight excluding hydrogens is 317 g/mol. The van der Waals surface area contributed by atoms with Gasteiger partial charge in [0.15, 0.2) is 0 Å². The maximum absolute atomic E-state index is 6.22. The van der Waals surface area contributed by atoms with Crippen molar-refractivity contribution in [2.45, 2.75) is 24.8 Å². The zero-order chi connectivity index (χ0) is 15.7. The van der Waals surface area contributed by atoms with Crippen molar-refractivity contribution in [3.8, 4) is 5.75 Å². The average molecular weight is 336 g/mol. The summed E-state index contributed by atoms with van der Waals surface area (Å²) >= 11 is 12.3. The molecule has 2 atom stereocenters. The van der Waals surface area contributed by atoms with Crippen LogP contribution < -0.4 is 10.1 Å². The Morgan fingerprint density at radius 3 is 2.59 bits per heavy atom. The lowest BCUT2D eigenvalue weighted by Crippen LogP contribution is -2.33. The Morgan fingerprint density at radius 1 is 1.09 bits per heavy atom. The summed E-state index contributed by atoms with van der Waals surface area (Å²) in [6.45, 7) is 0. The van der Waals surface area contributed by atoms with Gasteiger partial charge in [-0.1, -0.05) is 35.3 Å². The smallest absolute Gasteiger partial charge is 0.119 e. The average Bonchev–Trinajstić information content (AvgIpc) is 2.55. The van der Waals surface area contributed by atoms with Crippen molar-refractivity contribution in [2.75, 3.05) is 14.2 Å². The Morgan fingerprint density at radius 2 is 1.91 bits per heavy atom. The number of likely N-dealkylation sites (N-methyl/N-ethyl adjacent to an activating group) is 1. The third-order valence-electron chi connectivity index (χ3n) is 4.47. The predicted molar refractivity (Wildman–Crippen MR) is 92.5 cm³/mol. The van der Waals surface area contributed by atoms with Crippen LogP contribution >= 0.6 is 23.2 Å². The predicted octanol–water partition coefficient (Wildman–Crippen LogP) is 4.67. The molecule has 3 rings (SSSR count). The summed E-state index contributed by atoms with van der Waals surface area (Å²) in [5.74, 6) is 1.19. The second-order valence-electron chi connectivity index (χ2n) is 5.72. The number of fused-ring (bicyclic) bond motifs is 1. The van der Waals surface area contributed by atoms with Gasteiger partial charge in [-0.3, -0.25) is 0 Å². The van der Waals surface area contributed by atoms with E-state index in [9.17, 15) is 0 Å². The number of benzene rings is 2. The van der Waals surface area contributed by atoms with Crippen molar-refractivity contribution in [1.29, 1.82) is 0 Å². The van der Waals surface area contributed by atoms with Crippen LogP contribution in [0.3, 0.4) is 0 Å². The van der Waals surface area contributed by atoms with Gasteiger partial charge in [-0.05, 0) is 60.8 Å². The normalized spacial score (nSPS) is 20.5. The third-order valence-corrected chi connectivity index (χ3v) is 5.21. The molecule has 4 heteroatoms. The van der Waals surface area contributed by atoms with E-state index in [1.807, 2.05) is 25.2 Å². The minimum atomic E-state index is 0.297. The van der Waals surface area contributed by atoms with Crippen LogP contribution in [0.15, 0.2) is 36.4 Å². The number of nitrogens with one attached hydrogen (secondary N) is 1. The van der Waals surface area contributed by atoms with Crippen molar-refractivity contribution >= 4 is 23.2 Å². The molecule has 0 amide bonds. The number of halogens is 2. The zero-order valence-electron chi connectivity index (χ0n) is 12.7. The largest absolute Gasteiger partial charge is 0.497 e. The van der Waals surface area contributed by atoms with Gasteiger partial charge in [0.1, 0.15) is 5.75 Å². The lowest BCUT2D eigenvalue weighted by Gasteiger charge is -2.32. The molecule has 2 aromatic rings. The van der Waals surface area contributed by atoms with Crippen LogP contribution in [0.2, 0.25) is 10.0 Å². The first-order valence-electron chi connectivity index (χ1n) is 7.41. The van der Waals surface area contributed by atoms with Gasteiger partial charge in [0.05, 0.1) is 17.2 Å². The molecule has 1 aliphatic rings. The van der Waals surface area contributed by atoms with Gasteiger partial charge in [0.25, 0.3) is 0 Å². The van der Waals surface area contributed by atoms with Gasteiger partial charge in [-0.2, -0.15) is 0 Å². The fourth-order valence-corrected chi connectivity index (χ4v) is 3.54. The highest BCUT2D eigenvalue weighted by atomic mass is 35.5. The maximum atomic E-state index is 6.22. The molecule has 0 fully saturated rings. The maximum Gasteiger partial charge on any atom is 0.119 e. The molecule has 0 aliphatic heterocycles. The van der Waals surface area contributed by atoms with E-state index in [0.29, 0.717) is 22.0 Å². The van der Waals surface area contributed by atoms with Gasteiger partial charge in [-0.15, -0.1) is 0 Å². The summed E-state index contributed by atoms with van der Waals surface area (Å²) in [6, 6.07) is 12.7. The topological polar surface area (TPSA) is 21.3 Å². The number of rotatable bonds is 3. The fraction of sp³-hybridized carbons (Fsp3) is 0.333. The van der Waals surface area contributed by atoms with Crippen LogP contribution in [-0.2, 0) is 6.42 Å². The van der Waals surface area contributed by atoms with Crippen LogP contribution in [0.1, 0.15) is 29.0 Å². The highest BCUT2D eigenvalue weighted by molar-refractivity contribution is 6.42. The number of hydrogen-bond donors (Lipinski definition) is 1. The van der Waals surface area contributed by atoms with Crippen molar-refractivity contribution in [1.82, 2.24) is 5.32 Å². The van der Waals surface area contributed by atoms with Gasteiger partial charge >= 0.3 is 0 Å². The minimum Gasteiger partial charge on any atom is -0.497 e. The molecular formula is C18H19Cl2NO. The summed E-state index contributed by atoms with van der Waals surface area (Å²) in [6.07, 6.45) is 2.07. The fourth-order valence-electron chi connectivity index (χ4n) is 3.24. The van der Waals surface area contributed by atoms with Gasteiger partial charge in [0, 0.05) is 12.0 Å². The molecule has 2 nitrogen and oxygen atoms in total. The summed E-state index contributed by atoms with van der Waals surface area (Å²) in [4.78, 5) is 0. The molecule has 0 aromatic heterocycles. The van der Waals surface area contributed by atoms with Gasteiger partial charge in [0.2, 0.25) is 0 Å². The van der Waals surface area contributed by atoms with Crippen LogP contribution in [0.5, 0.6) is 5.75 Å². The minimum absolute atomic E-state index is 0.297. The van der Waals surface area contributed by atoms with Crippen molar-refractivity contribution < 1.29 is 4.74 Å². The van der Waals surface area contributed by atoms with Crippen molar-refractivity contribution in [3.05, 3.63) is 63.1 Å². The van der Waals surface area contributed by atoms with E-state index < -0.39 is 0 Å². The van der Waals surface area contributed by atoms with Crippen LogP contribution in [0.4, 0.5) is 0 Å². The van der Waals surface area contributed by atoms with Gasteiger partial charge in [-0.25, -0.2) is 0 Å². The number of hydrogen-bond acceptors (Lipinski definition) is 2. The van der Waals surface area contributed by atoms with E-state index in [2.05, 4.69) is 23.5 Å². The molecule has 0 saturated carbocycles. The monoisotopic (exact) mass is 335 g/mol. The molecule has 2 aromatic carbocycles. The SMILES string of the molecule is CNC1Cc2ccc(OC)cc2C(c2ccc(Cl)c(Cl)c2)C1. The zero-order valence-corrected chi connectivity index (χ0v) is 14.2. The Kier molecular flexibility index (Phi) is 4.62. The quantitative estimate of drug-likeness (QED) is 0.880. The van der Waals surface area contributed by atoms with E-state index in [1.165, 1.54) is 16.7 Å². The summed E-state index contributed by atoms with van der Waals surface area (Å²) in [5, 5.41) is 4.61. The standard InChI is InChI=1S/C18H19Cl2NO/c1-21-13-7-11-3-5-14(22-2)10-16(11)15(9-13)12-4-6-17(19)18(20)8-12/h3-6,8,10,13,15,21H,7,9H2,1-2H3. The Balaban J connectivity index is 2.07. The van der Waals surface area contributed by atoms with Crippen LogP contribution in [0.25, 0.3) is 0 Å². The molecule has 0 heterocycles. The summed E-state index contributed by atoms with van der Waals surface area (Å²) in [7, 11) is 3.72. The van der Waals surface area contributed by atoms with Crippen molar-refractivity contribution in [3.63, 3.8) is 0 Å². The second-order valence-corrected chi connectivity index (χ2v) is 6.53. The lowest BCUT2D eigenvalue weighted by atomic mass is 9.76. The van der Waals surface area contributed by atoms with Crippen LogP contribution in [-0.4, -0.2) is 20.2 Å². The van der Waals surface area contributed by atoms with Crippen molar-refractivity contribution in [2.24, 2.45) is 0 Å². The Hall–Kier alpha value is -1.22. The number of methoxy groups -OCH3 is 1. The van der Waals surface area contributed by atoms with E-state index in [-0.39, 0.29) is 0 Å². The Bertz CT molecular complexity index is 687. The van der Waals surface area contributed by atoms with Crippen LogP contribution in [0, 0.1) is 0 Å². The first kappa shape index (κ1) is 15.7. The van der Waals surface area contributed by atoms with Gasteiger partial charge < -0.3 is 10.1 Å². The lowest BCUT2D eigenvalue weighted by molar-refractivity contribution is 0.410. The Labute approximate surface area is 141 Å². The third kappa shape index (κ3) is 2.96. The highest BCUT2D eigenvalue weighted by Crippen LogP contribution is 2.40. The summed E-state index contributed by atoms with van der Waals surface area (Å²) < 4.78 is 5.40. The summed E-state index contributed by atoms with van der Waals surface area (Å²) in [5.41, 5.74) is 3.88. The first-order chi connectivity index (χ1) is 10.6. The van der Waals surface area contributed by atoms with E-state index in [1.54, 1.807) is 7.11 Å². The highest BCUT2D eigenvalue weighted by Gasteiger charge is 2.28. The van der Waals surface area contributed by atoms with E-state index in [0.717, 1.165) is 18.6 Å².